The first-order valence-corrected chi connectivity index (χ1v) is 6.04. The van der Waals surface area contributed by atoms with Crippen molar-refractivity contribution in [2.24, 2.45) is 11.8 Å². The zero-order valence-corrected chi connectivity index (χ0v) is 10.2. The van der Waals surface area contributed by atoms with Crippen LogP contribution in [0.15, 0.2) is 0 Å². The lowest BCUT2D eigenvalue weighted by molar-refractivity contribution is -0.140. The summed E-state index contributed by atoms with van der Waals surface area (Å²) in [5.74, 6) is -1.70. The Hall–Kier alpha value is -1.06. The van der Waals surface area contributed by atoms with Crippen LogP contribution in [0, 0.1) is 11.8 Å². The molecule has 0 radical (unpaired) electrons. The van der Waals surface area contributed by atoms with Crippen molar-refractivity contribution in [3.63, 3.8) is 0 Å². The van der Waals surface area contributed by atoms with Crippen molar-refractivity contribution in [1.29, 1.82) is 0 Å². The molecule has 1 saturated carbocycles. The highest BCUT2D eigenvalue weighted by atomic mass is 16.4. The Bertz CT molecular complexity index is 276. The van der Waals surface area contributed by atoms with E-state index < -0.39 is 11.9 Å². The molecule has 4 heteroatoms. The molecule has 0 aliphatic heterocycles. The average molecular weight is 227 g/mol. The second kappa shape index (κ2) is 4.85. The molecule has 1 fully saturated rings. The van der Waals surface area contributed by atoms with E-state index in [1.807, 2.05) is 0 Å². The highest BCUT2D eigenvalue weighted by Gasteiger charge is 2.49. The van der Waals surface area contributed by atoms with Crippen LogP contribution in [0.2, 0.25) is 0 Å². The minimum Gasteiger partial charge on any atom is -0.481 e. The Morgan fingerprint density at radius 1 is 1.19 bits per heavy atom. The molecular weight excluding hydrogens is 206 g/mol. The lowest BCUT2D eigenvalue weighted by Gasteiger charge is -2.31. The van der Waals surface area contributed by atoms with E-state index in [1.54, 1.807) is 0 Å². The van der Waals surface area contributed by atoms with Gasteiger partial charge in [-0.05, 0) is 25.7 Å². The first-order chi connectivity index (χ1) is 7.49. The van der Waals surface area contributed by atoms with Crippen molar-refractivity contribution >= 4 is 11.9 Å². The zero-order valence-electron chi connectivity index (χ0n) is 10.2. The third-order valence-electron chi connectivity index (χ3n) is 3.86. The lowest BCUT2D eigenvalue weighted by Crippen LogP contribution is -2.48. The Morgan fingerprint density at radius 2 is 1.69 bits per heavy atom. The first kappa shape index (κ1) is 13.0. The first-order valence-electron chi connectivity index (χ1n) is 6.04. The van der Waals surface area contributed by atoms with Crippen LogP contribution in [0.25, 0.3) is 0 Å². The molecule has 1 aliphatic carbocycles. The van der Waals surface area contributed by atoms with E-state index in [9.17, 15) is 9.59 Å². The zero-order chi connectivity index (χ0) is 12.3. The van der Waals surface area contributed by atoms with Crippen LogP contribution < -0.4 is 5.32 Å². The molecule has 92 valence electrons. The molecule has 0 saturated heterocycles. The van der Waals surface area contributed by atoms with Crippen LogP contribution in [0.3, 0.4) is 0 Å². The van der Waals surface area contributed by atoms with Gasteiger partial charge in [0.15, 0.2) is 0 Å². The fraction of sp³-hybridized carbons (Fsp3) is 0.833. The number of amides is 1. The molecule has 2 N–H and O–H groups in total. The molecule has 1 rings (SSSR count). The largest absolute Gasteiger partial charge is 0.481 e. The second-order valence-corrected chi connectivity index (χ2v) is 4.62. The summed E-state index contributed by atoms with van der Waals surface area (Å²) in [5.41, 5.74) is -0.150. The standard InChI is InChI=1S/C12H21NO3/c1-4-12(5-2,6-3)13-10(14)8-7-9(8)11(15)16/h8-9H,4-7H2,1-3H3,(H,13,14)(H,15,16). The smallest absolute Gasteiger partial charge is 0.307 e. The van der Waals surface area contributed by atoms with Crippen LogP contribution >= 0.6 is 0 Å². The van der Waals surface area contributed by atoms with E-state index in [0.29, 0.717) is 6.42 Å². The van der Waals surface area contributed by atoms with Crippen molar-refractivity contribution in [2.45, 2.75) is 52.0 Å². The Labute approximate surface area is 96.4 Å². The third-order valence-corrected chi connectivity index (χ3v) is 3.86. The van der Waals surface area contributed by atoms with Crippen LogP contribution in [0.4, 0.5) is 0 Å². The normalized spacial score (nSPS) is 23.9. The molecule has 0 aromatic heterocycles. The van der Waals surface area contributed by atoms with Crippen molar-refractivity contribution < 1.29 is 14.7 Å². The number of carbonyl (C=O) groups excluding carboxylic acids is 1. The molecule has 0 aromatic rings. The molecule has 16 heavy (non-hydrogen) atoms. The number of hydrogen-bond acceptors (Lipinski definition) is 2. The van der Waals surface area contributed by atoms with Gasteiger partial charge < -0.3 is 10.4 Å². The maximum atomic E-state index is 11.8. The molecule has 2 atom stereocenters. The van der Waals surface area contributed by atoms with Crippen molar-refractivity contribution in [3.05, 3.63) is 0 Å². The van der Waals surface area contributed by atoms with E-state index in [2.05, 4.69) is 26.1 Å². The number of carbonyl (C=O) groups is 2. The fourth-order valence-electron chi connectivity index (χ4n) is 2.13. The summed E-state index contributed by atoms with van der Waals surface area (Å²) in [7, 11) is 0. The fourth-order valence-corrected chi connectivity index (χ4v) is 2.13. The van der Waals surface area contributed by atoms with E-state index >= 15 is 0 Å². The predicted octanol–water partition coefficient (Wildman–Crippen LogP) is 1.79. The topological polar surface area (TPSA) is 66.4 Å². The number of carboxylic acids is 1. The highest BCUT2D eigenvalue weighted by molar-refractivity contribution is 5.89. The van der Waals surface area contributed by atoms with Gasteiger partial charge in [0.25, 0.3) is 0 Å². The Morgan fingerprint density at radius 3 is 2.00 bits per heavy atom. The van der Waals surface area contributed by atoms with Crippen LogP contribution in [0.1, 0.15) is 46.5 Å². The second-order valence-electron chi connectivity index (χ2n) is 4.62. The molecule has 1 amide bonds. The molecule has 4 nitrogen and oxygen atoms in total. The number of aliphatic carboxylic acids is 1. The summed E-state index contributed by atoms with van der Waals surface area (Å²) in [4.78, 5) is 22.5. The summed E-state index contributed by atoms with van der Waals surface area (Å²) in [6.45, 7) is 6.15. The molecule has 1 aliphatic rings. The average Bonchev–Trinajstić information content (AvgIpc) is 3.06. The van der Waals surface area contributed by atoms with Gasteiger partial charge in [-0.2, -0.15) is 0 Å². The van der Waals surface area contributed by atoms with Gasteiger partial charge in [0.2, 0.25) is 5.91 Å². The molecule has 0 spiro atoms. The summed E-state index contributed by atoms with van der Waals surface area (Å²) in [6.07, 6.45) is 3.15. The van der Waals surface area contributed by atoms with Gasteiger partial charge in [-0.25, -0.2) is 0 Å². The molecular formula is C12H21NO3. The lowest BCUT2D eigenvalue weighted by atomic mass is 9.89. The predicted molar refractivity (Wildman–Crippen MR) is 61.0 cm³/mol. The monoisotopic (exact) mass is 227 g/mol. The van der Waals surface area contributed by atoms with Crippen molar-refractivity contribution in [2.75, 3.05) is 0 Å². The van der Waals surface area contributed by atoms with E-state index in [4.69, 9.17) is 5.11 Å². The molecule has 2 unspecified atom stereocenters. The van der Waals surface area contributed by atoms with Crippen molar-refractivity contribution in [1.82, 2.24) is 5.32 Å². The maximum absolute atomic E-state index is 11.8. The Balaban J connectivity index is 2.54. The van der Waals surface area contributed by atoms with Gasteiger partial charge >= 0.3 is 5.97 Å². The van der Waals surface area contributed by atoms with Crippen molar-refractivity contribution in [3.8, 4) is 0 Å². The van der Waals surface area contributed by atoms with Gasteiger partial charge in [0.1, 0.15) is 0 Å². The van der Waals surface area contributed by atoms with E-state index in [-0.39, 0.29) is 17.4 Å². The number of rotatable bonds is 6. The quantitative estimate of drug-likeness (QED) is 0.727. The third kappa shape index (κ3) is 2.54. The van der Waals surface area contributed by atoms with Gasteiger partial charge in [-0.3, -0.25) is 9.59 Å². The molecule has 0 bridgehead atoms. The summed E-state index contributed by atoms with van der Waals surface area (Å²) >= 11 is 0. The molecule has 0 heterocycles. The minimum atomic E-state index is -0.852. The van der Waals surface area contributed by atoms with Gasteiger partial charge in [-0.15, -0.1) is 0 Å². The van der Waals surface area contributed by atoms with Gasteiger partial charge in [-0.1, -0.05) is 20.8 Å². The Kier molecular flexibility index (Phi) is 3.94. The number of nitrogens with one attached hydrogen (secondary N) is 1. The van der Waals surface area contributed by atoms with E-state index in [1.165, 1.54) is 0 Å². The van der Waals surface area contributed by atoms with Crippen LogP contribution in [-0.2, 0) is 9.59 Å². The van der Waals surface area contributed by atoms with Gasteiger partial charge in [0, 0.05) is 5.54 Å². The van der Waals surface area contributed by atoms with E-state index in [0.717, 1.165) is 19.3 Å². The molecule has 0 aromatic carbocycles. The maximum Gasteiger partial charge on any atom is 0.307 e. The number of hydrogen-bond donors (Lipinski definition) is 2. The summed E-state index contributed by atoms with van der Waals surface area (Å²) < 4.78 is 0. The van der Waals surface area contributed by atoms with Crippen LogP contribution in [-0.4, -0.2) is 22.5 Å². The van der Waals surface area contributed by atoms with Gasteiger partial charge in [0.05, 0.1) is 11.8 Å². The summed E-state index contributed by atoms with van der Waals surface area (Å²) in [5, 5.41) is 11.8. The number of carboxylic acid groups (broad SMARTS) is 1. The summed E-state index contributed by atoms with van der Waals surface area (Å²) in [6, 6.07) is 0. The van der Waals surface area contributed by atoms with Crippen LogP contribution in [0.5, 0.6) is 0 Å². The highest BCUT2D eigenvalue weighted by Crippen LogP contribution is 2.39. The minimum absolute atomic E-state index is 0.0852. The SMILES string of the molecule is CCC(CC)(CC)NC(=O)C1CC1C(=O)O.